The molecule has 4 nitrogen and oxygen atoms in total. The molecular weight excluding hydrogens is 292 g/mol. The molecular formula is C17H18N4S. The molecule has 0 aliphatic heterocycles. The Hall–Kier alpha value is -2.24. The Morgan fingerprint density at radius 2 is 2.00 bits per heavy atom. The second kappa shape index (κ2) is 7.15. The molecule has 1 heterocycles. The molecule has 22 heavy (non-hydrogen) atoms. The standard InChI is InChI=1S/C17H18N4S/c1-18-10-13-7-8-16(14-11-19-20-12-14)17(9-13)21-22-15-5-3-2-4-6-15/h2-9,11-12,18,21H,10H2,1H3,(H,19,20). The second-order valence-corrected chi connectivity index (χ2v) is 5.79. The molecule has 0 bridgehead atoms. The summed E-state index contributed by atoms with van der Waals surface area (Å²) in [6, 6.07) is 16.7. The molecule has 0 saturated carbocycles. The third-order valence-electron chi connectivity index (χ3n) is 3.30. The first kappa shape index (κ1) is 14.7. The van der Waals surface area contributed by atoms with Gasteiger partial charge in [-0.2, -0.15) is 5.10 Å². The molecule has 3 N–H and O–H groups in total. The fourth-order valence-electron chi connectivity index (χ4n) is 2.24. The first-order valence-electron chi connectivity index (χ1n) is 7.11. The highest BCUT2D eigenvalue weighted by Gasteiger charge is 2.08. The van der Waals surface area contributed by atoms with Crippen molar-refractivity contribution in [2.45, 2.75) is 11.4 Å². The highest BCUT2D eigenvalue weighted by molar-refractivity contribution is 8.00. The van der Waals surface area contributed by atoms with Gasteiger partial charge in [0.1, 0.15) is 0 Å². The number of hydrogen-bond acceptors (Lipinski definition) is 4. The normalized spacial score (nSPS) is 10.6. The summed E-state index contributed by atoms with van der Waals surface area (Å²) in [4.78, 5) is 1.18. The Kier molecular flexibility index (Phi) is 4.78. The summed E-state index contributed by atoms with van der Waals surface area (Å²) in [6.07, 6.45) is 3.75. The average molecular weight is 310 g/mol. The fourth-order valence-corrected chi connectivity index (χ4v) is 2.93. The number of anilines is 1. The van der Waals surface area contributed by atoms with Crippen LogP contribution in [0.25, 0.3) is 11.1 Å². The number of nitrogens with zero attached hydrogens (tertiary/aromatic N) is 1. The van der Waals surface area contributed by atoms with Crippen LogP contribution >= 0.6 is 11.9 Å². The molecule has 3 rings (SSSR count). The van der Waals surface area contributed by atoms with E-state index in [1.165, 1.54) is 10.5 Å². The Bertz CT molecular complexity index is 711. The van der Waals surface area contributed by atoms with Gasteiger partial charge in [0.15, 0.2) is 0 Å². The predicted molar refractivity (Wildman–Crippen MR) is 92.7 cm³/mol. The molecule has 0 atom stereocenters. The molecule has 0 saturated heterocycles. The van der Waals surface area contributed by atoms with Crippen molar-refractivity contribution in [1.82, 2.24) is 15.5 Å². The largest absolute Gasteiger partial charge is 0.325 e. The van der Waals surface area contributed by atoms with Gasteiger partial charge in [0.2, 0.25) is 0 Å². The molecule has 112 valence electrons. The van der Waals surface area contributed by atoms with Gasteiger partial charge in [-0.25, -0.2) is 0 Å². The fraction of sp³-hybridized carbons (Fsp3) is 0.118. The average Bonchev–Trinajstić information content (AvgIpc) is 3.09. The maximum Gasteiger partial charge on any atom is 0.0566 e. The van der Waals surface area contributed by atoms with Crippen LogP contribution in [0.3, 0.4) is 0 Å². The molecule has 1 aromatic heterocycles. The number of aromatic nitrogens is 2. The van der Waals surface area contributed by atoms with E-state index in [0.29, 0.717) is 0 Å². The van der Waals surface area contributed by atoms with E-state index in [-0.39, 0.29) is 0 Å². The van der Waals surface area contributed by atoms with Crippen LogP contribution in [0, 0.1) is 0 Å². The van der Waals surface area contributed by atoms with Crippen molar-refractivity contribution < 1.29 is 0 Å². The van der Waals surface area contributed by atoms with Gasteiger partial charge in [-0.05, 0) is 42.8 Å². The SMILES string of the molecule is CNCc1ccc(-c2cn[nH]c2)c(NSc2ccccc2)c1. The molecule has 0 radical (unpaired) electrons. The summed E-state index contributed by atoms with van der Waals surface area (Å²) < 4.78 is 3.46. The monoisotopic (exact) mass is 310 g/mol. The highest BCUT2D eigenvalue weighted by atomic mass is 32.2. The third-order valence-corrected chi connectivity index (χ3v) is 4.13. The molecule has 0 unspecified atom stereocenters. The van der Waals surface area contributed by atoms with E-state index in [0.717, 1.165) is 23.4 Å². The Morgan fingerprint density at radius 1 is 1.14 bits per heavy atom. The minimum atomic E-state index is 0.844. The number of H-pyrrole nitrogens is 1. The summed E-state index contributed by atoms with van der Waals surface area (Å²) in [5.74, 6) is 0. The van der Waals surface area contributed by atoms with Crippen LogP contribution in [-0.2, 0) is 6.54 Å². The van der Waals surface area contributed by atoms with Crippen LogP contribution < -0.4 is 10.0 Å². The Balaban J connectivity index is 1.87. The van der Waals surface area contributed by atoms with E-state index < -0.39 is 0 Å². The molecule has 0 aliphatic rings. The summed E-state index contributed by atoms with van der Waals surface area (Å²) in [5.41, 5.74) is 4.54. The molecule has 0 aliphatic carbocycles. The van der Waals surface area contributed by atoms with E-state index in [2.05, 4.69) is 50.6 Å². The lowest BCUT2D eigenvalue weighted by Crippen LogP contribution is -2.05. The van der Waals surface area contributed by atoms with E-state index in [1.807, 2.05) is 37.6 Å². The summed E-state index contributed by atoms with van der Waals surface area (Å²) in [6.45, 7) is 0.844. The van der Waals surface area contributed by atoms with Gasteiger partial charge >= 0.3 is 0 Å². The van der Waals surface area contributed by atoms with Crippen molar-refractivity contribution >= 4 is 17.6 Å². The molecule has 2 aromatic carbocycles. The Morgan fingerprint density at radius 3 is 2.73 bits per heavy atom. The van der Waals surface area contributed by atoms with Crippen molar-refractivity contribution in [3.63, 3.8) is 0 Å². The summed E-state index contributed by atoms with van der Waals surface area (Å²) in [7, 11) is 1.95. The van der Waals surface area contributed by atoms with Crippen LogP contribution in [0.2, 0.25) is 0 Å². The zero-order valence-electron chi connectivity index (χ0n) is 12.3. The number of benzene rings is 2. The van der Waals surface area contributed by atoms with Crippen LogP contribution in [0.1, 0.15) is 5.56 Å². The number of aromatic amines is 1. The second-order valence-electron chi connectivity index (χ2n) is 4.91. The maximum absolute atomic E-state index is 4.04. The molecule has 0 amide bonds. The molecule has 5 heteroatoms. The van der Waals surface area contributed by atoms with E-state index in [4.69, 9.17) is 0 Å². The molecule has 3 aromatic rings. The lowest BCUT2D eigenvalue weighted by molar-refractivity contribution is 0.818. The van der Waals surface area contributed by atoms with Gasteiger partial charge in [0.05, 0.1) is 11.9 Å². The minimum Gasteiger partial charge on any atom is -0.325 e. The summed E-state index contributed by atoms with van der Waals surface area (Å²) in [5, 5.41) is 10.1. The van der Waals surface area contributed by atoms with Gasteiger partial charge in [0, 0.05) is 28.8 Å². The zero-order valence-corrected chi connectivity index (χ0v) is 13.2. The number of rotatable bonds is 6. The van der Waals surface area contributed by atoms with Crippen LogP contribution in [-0.4, -0.2) is 17.2 Å². The number of hydrogen-bond donors (Lipinski definition) is 3. The predicted octanol–water partition coefficient (Wildman–Crippen LogP) is 3.92. The lowest BCUT2D eigenvalue weighted by atomic mass is 10.0. The highest BCUT2D eigenvalue weighted by Crippen LogP contribution is 2.31. The maximum atomic E-state index is 4.04. The van der Waals surface area contributed by atoms with Crippen LogP contribution in [0.15, 0.2) is 65.8 Å². The van der Waals surface area contributed by atoms with Gasteiger partial charge in [-0.15, -0.1) is 0 Å². The van der Waals surface area contributed by atoms with Gasteiger partial charge in [-0.1, -0.05) is 30.3 Å². The van der Waals surface area contributed by atoms with Crippen molar-refractivity contribution in [3.05, 3.63) is 66.5 Å². The minimum absolute atomic E-state index is 0.844. The van der Waals surface area contributed by atoms with E-state index in [9.17, 15) is 0 Å². The lowest BCUT2D eigenvalue weighted by Gasteiger charge is -2.12. The number of nitrogens with one attached hydrogen (secondary N) is 3. The summed E-state index contributed by atoms with van der Waals surface area (Å²) >= 11 is 1.61. The van der Waals surface area contributed by atoms with Crippen molar-refractivity contribution in [2.24, 2.45) is 0 Å². The zero-order chi connectivity index (χ0) is 15.2. The van der Waals surface area contributed by atoms with Crippen molar-refractivity contribution in [1.29, 1.82) is 0 Å². The van der Waals surface area contributed by atoms with Crippen LogP contribution in [0.4, 0.5) is 5.69 Å². The third kappa shape index (κ3) is 3.50. The topological polar surface area (TPSA) is 52.7 Å². The first-order valence-corrected chi connectivity index (χ1v) is 7.93. The Labute approximate surface area is 134 Å². The van der Waals surface area contributed by atoms with E-state index >= 15 is 0 Å². The molecule has 0 fully saturated rings. The molecule has 0 spiro atoms. The van der Waals surface area contributed by atoms with Crippen molar-refractivity contribution in [3.8, 4) is 11.1 Å². The first-order chi connectivity index (χ1) is 10.9. The van der Waals surface area contributed by atoms with Crippen LogP contribution in [0.5, 0.6) is 0 Å². The van der Waals surface area contributed by atoms with Gasteiger partial charge < -0.3 is 10.0 Å². The van der Waals surface area contributed by atoms with E-state index in [1.54, 1.807) is 11.9 Å². The van der Waals surface area contributed by atoms with Gasteiger partial charge in [0.25, 0.3) is 0 Å². The smallest absolute Gasteiger partial charge is 0.0566 e. The quantitative estimate of drug-likeness (QED) is 0.604. The van der Waals surface area contributed by atoms with Crippen molar-refractivity contribution in [2.75, 3.05) is 11.8 Å². The van der Waals surface area contributed by atoms with Gasteiger partial charge in [-0.3, -0.25) is 5.10 Å².